The van der Waals surface area contributed by atoms with Crippen molar-refractivity contribution in [1.29, 1.82) is 0 Å². The van der Waals surface area contributed by atoms with Gasteiger partial charge in [0.2, 0.25) is 5.91 Å². The van der Waals surface area contributed by atoms with Gasteiger partial charge in [0.05, 0.1) is 27.5 Å². The van der Waals surface area contributed by atoms with Gasteiger partial charge >= 0.3 is 0 Å². The first-order valence-corrected chi connectivity index (χ1v) is 9.71. The highest BCUT2D eigenvalue weighted by Gasteiger charge is 2.63. The predicted molar refractivity (Wildman–Crippen MR) is 92.4 cm³/mol. The molecule has 0 saturated carbocycles. The zero-order chi connectivity index (χ0) is 16.9. The minimum absolute atomic E-state index is 0.0804. The van der Waals surface area contributed by atoms with E-state index in [4.69, 9.17) is 16.3 Å². The normalized spacial score (nSPS) is 33.8. The minimum Gasteiger partial charge on any atom is -0.369 e. The number of nitrogens with zero attached hydrogens (tertiary/aromatic N) is 1. The number of hydrogen-bond acceptors (Lipinski definition) is 4. The SMILES string of the molecule is CCC(=O)N1C[C@@H]2[C@H](CNC(=O)c3ccc(Cl)s3)[C@H]3CC[C@]2(C1)O3. The number of fused-ring (bicyclic) bond motifs is 1. The number of rotatable bonds is 4. The van der Waals surface area contributed by atoms with Gasteiger partial charge in [-0.15, -0.1) is 11.3 Å². The fourth-order valence-corrected chi connectivity index (χ4v) is 5.57. The maximum atomic E-state index is 12.3. The molecule has 7 heteroatoms. The molecule has 4 rings (SSSR count). The van der Waals surface area contributed by atoms with Crippen molar-refractivity contribution in [1.82, 2.24) is 10.2 Å². The molecule has 1 N–H and O–H groups in total. The average molecular weight is 369 g/mol. The van der Waals surface area contributed by atoms with Crippen LogP contribution in [0.25, 0.3) is 0 Å². The molecule has 1 aromatic rings. The molecule has 3 fully saturated rings. The maximum absolute atomic E-state index is 12.3. The number of ether oxygens (including phenoxy) is 1. The Morgan fingerprint density at radius 1 is 1.50 bits per heavy atom. The molecule has 3 saturated heterocycles. The first-order valence-electron chi connectivity index (χ1n) is 8.51. The van der Waals surface area contributed by atoms with E-state index in [0.29, 0.717) is 34.6 Å². The summed E-state index contributed by atoms with van der Waals surface area (Å²) in [6, 6.07) is 3.49. The Morgan fingerprint density at radius 3 is 3.04 bits per heavy atom. The lowest BCUT2D eigenvalue weighted by Crippen LogP contribution is -2.41. The van der Waals surface area contributed by atoms with Crippen LogP contribution in [0.4, 0.5) is 0 Å². The summed E-state index contributed by atoms with van der Waals surface area (Å²) in [5.74, 6) is 0.733. The Hall–Kier alpha value is -1.11. The van der Waals surface area contributed by atoms with Crippen molar-refractivity contribution in [3.8, 4) is 0 Å². The smallest absolute Gasteiger partial charge is 0.261 e. The van der Waals surface area contributed by atoms with Crippen molar-refractivity contribution < 1.29 is 14.3 Å². The number of nitrogens with one attached hydrogen (secondary N) is 1. The fourth-order valence-electron chi connectivity index (χ4n) is 4.61. The number of likely N-dealkylation sites (tertiary alicyclic amines) is 1. The molecule has 1 spiro atoms. The topological polar surface area (TPSA) is 58.6 Å². The van der Waals surface area contributed by atoms with E-state index in [1.807, 2.05) is 11.8 Å². The summed E-state index contributed by atoms with van der Waals surface area (Å²) in [5.41, 5.74) is -0.170. The van der Waals surface area contributed by atoms with E-state index >= 15 is 0 Å². The molecule has 0 radical (unpaired) electrons. The van der Waals surface area contributed by atoms with Gasteiger partial charge in [-0.05, 0) is 25.0 Å². The summed E-state index contributed by atoms with van der Waals surface area (Å²) in [6.45, 7) is 3.97. The molecule has 2 amide bonds. The van der Waals surface area contributed by atoms with Crippen LogP contribution in [0.2, 0.25) is 4.34 Å². The molecule has 0 aliphatic carbocycles. The molecule has 0 unspecified atom stereocenters. The van der Waals surface area contributed by atoms with Crippen molar-refractivity contribution in [2.75, 3.05) is 19.6 Å². The molecule has 1 aromatic heterocycles. The van der Waals surface area contributed by atoms with Crippen molar-refractivity contribution in [3.05, 3.63) is 21.3 Å². The predicted octanol–water partition coefficient (Wildman–Crippen LogP) is 2.55. The molecule has 24 heavy (non-hydrogen) atoms. The van der Waals surface area contributed by atoms with Crippen molar-refractivity contribution in [2.24, 2.45) is 11.8 Å². The first-order chi connectivity index (χ1) is 11.5. The second-order valence-corrected chi connectivity index (χ2v) is 8.69. The quantitative estimate of drug-likeness (QED) is 0.888. The molecule has 3 aliphatic rings. The Morgan fingerprint density at radius 2 is 2.33 bits per heavy atom. The number of carbonyl (C=O) groups is 2. The van der Waals surface area contributed by atoms with Gasteiger partial charge in [0.1, 0.15) is 0 Å². The highest BCUT2D eigenvalue weighted by atomic mass is 35.5. The van der Waals surface area contributed by atoms with Gasteiger partial charge in [0, 0.05) is 31.3 Å². The molecular formula is C17H21ClN2O3S. The van der Waals surface area contributed by atoms with Crippen LogP contribution in [-0.2, 0) is 9.53 Å². The highest BCUT2D eigenvalue weighted by Crippen LogP contribution is 2.54. The van der Waals surface area contributed by atoms with Crippen molar-refractivity contribution >= 4 is 34.8 Å². The fraction of sp³-hybridized carbons (Fsp3) is 0.647. The van der Waals surface area contributed by atoms with Crippen LogP contribution >= 0.6 is 22.9 Å². The number of thiophene rings is 1. The molecule has 3 aliphatic heterocycles. The van der Waals surface area contributed by atoms with Gasteiger partial charge < -0.3 is 15.0 Å². The summed E-state index contributed by atoms with van der Waals surface area (Å²) in [6.07, 6.45) is 2.80. The molecule has 4 atom stereocenters. The molecular weight excluding hydrogens is 348 g/mol. The van der Waals surface area contributed by atoms with Gasteiger partial charge in [-0.3, -0.25) is 9.59 Å². The van der Waals surface area contributed by atoms with Gasteiger partial charge in [0.15, 0.2) is 0 Å². The second-order valence-electron chi connectivity index (χ2n) is 6.97. The third-order valence-electron chi connectivity index (χ3n) is 5.73. The van der Waals surface area contributed by atoms with Crippen LogP contribution in [0.3, 0.4) is 0 Å². The third-order valence-corrected chi connectivity index (χ3v) is 6.96. The second kappa shape index (κ2) is 6.00. The number of halogens is 1. The summed E-state index contributed by atoms with van der Waals surface area (Å²) >= 11 is 7.18. The van der Waals surface area contributed by atoms with Crippen LogP contribution in [0, 0.1) is 11.8 Å². The number of hydrogen-bond donors (Lipinski definition) is 1. The Balaban J connectivity index is 1.43. The van der Waals surface area contributed by atoms with E-state index in [9.17, 15) is 9.59 Å². The summed E-state index contributed by atoms with van der Waals surface area (Å²) in [5, 5.41) is 3.04. The maximum Gasteiger partial charge on any atom is 0.261 e. The molecule has 2 bridgehead atoms. The Kier molecular flexibility index (Phi) is 4.09. The van der Waals surface area contributed by atoms with E-state index in [2.05, 4.69) is 5.32 Å². The van der Waals surface area contributed by atoms with Gasteiger partial charge in [-0.1, -0.05) is 18.5 Å². The van der Waals surface area contributed by atoms with E-state index in [1.54, 1.807) is 12.1 Å². The highest BCUT2D eigenvalue weighted by molar-refractivity contribution is 7.17. The van der Waals surface area contributed by atoms with Gasteiger partial charge in [0.25, 0.3) is 5.91 Å². The van der Waals surface area contributed by atoms with E-state index in [1.165, 1.54) is 11.3 Å². The van der Waals surface area contributed by atoms with Crippen LogP contribution < -0.4 is 5.32 Å². The lowest BCUT2D eigenvalue weighted by atomic mass is 9.73. The number of carbonyl (C=O) groups excluding carboxylic acids is 2. The molecule has 0 aromatic carbocycles. The zero-order valence-corrected chi connectivity index (χ0v) is 15.2. The van der Waals surface area contributed by atoms with Crippen LogP contribution in [0.1, 0.15) is 35.9 Å². The first kappa shape index (κ1) is 16.4. The zero-order valence-electron chi connectivity index (χ0n) is 13.6. The molecule has 4 heterocycles. The van der Waals surface area contributed by atoms with Crippen LogP contribution in [0.5, 0.6) is 0 Å². The lowest BCUT2D eigenvalue weighted by Gasteiger charge is -2.29. The lowest BCUT2D eigenvalue weighted by molar-refractivity contribution is -0.131. The Bertz CT molecular complexity index is 679. The van der Waals surface area contributed by atoms with Gasteiger partial charge in [-0.2, -0.15) is 0 Å². The van der Waals surface area contributed by atoms with E-state index < -0.39 is 0 Å². The summed E-state index contributed by atoms with van der Waals surface area (Å²) < 4.78 is 6.92. The van der Waals surface area contributed by atoms with Crippen LogP contribution in [-0.4, -0.2) is 48.1 Å². The van der Waals surface area contributed by atoms with Crippen LogP contribution in [0.15, 0.2) is 12.1 Å². The van der Waals surface area contributed by atoms with E-state index in [0.717, 1.165) is 19.4 Å². The van der Waals surface area contributed by atoms with Gasteiger partial charge in [-0.25, -0.2) is 0 Å². The Labute approximate surface area is 150 Å². The summed E-state index contributed by atoms with van der Waals surface area (Å²) in [7, 11) is 0. The van der Waals surface area contributed by atoms with E-state index in [-0.39, 0.29) is 29.4 Å². The van der Waals surface area contributed by atoms with Crippen molar-refractivity contribution in [3.63, 3.8) is 0 Å². The summed E-state index contributed by atoms with van der Waals surface area (Å²) in [4.78, 5) is 26.9. The number of amides is 2. The molecule has 5 nitrogen and oxygen atoms in total. The largest absolute Gasteiger partial charge is 0.369 e. The standard InChI is InChI=1S/C17H21ClN2O3S/c1-2-15(21)20-8-11-10(12-5-6-17(11,9-20)23-12)7-19-16(22)13-3-4-14(18)24-13/h3-4,10-12H,2,5-9H2,1H3,(H,19,22)/t10-,11+,12+,17+/m0/s1. The monoisotopic (exact) mass is 368 g/mol. The minimum atomic E-state index is -0.170. The average Bonchev–Trinajstić information content (AvgIpc) is 3.31. The third kappa shape index (κ3) is 2.55. The molecule has 130 valence electrons. The van der Waals surface area contributed by atoms with Crippen molar-refractivity contribution in [2.45, 2.75) is 37.9 Å².